The summed E-state index contributed by atoms with van der Waals surface area (Å²) in [6.07, 6.45) is 6.36. The Balaban J connectivity index is 1.48. The van der Waals surface area contributed by atoms with E-state index in [1.165, 1.54) is 5.56 Å². The summed E-state index contributed by atoms with van der Waals surface area (Å²) in [5.74, 6) is 0.0715. The third-order valence-electron chi connectivity index (χ3n) is 5.57. The predicted molar refractivity (Wildman–Crippen MR) is 116 cm³/mol. The van der Waals surface area contributed by atoms with Crippen LogP contribution < -0.4 is 10.6 Å². The molecule has 5 nitrogen and oxygen atoms in total. The lowest BCUT2D eigenvalue weighted by Gasteiger charge is -2.29. The van der Waals surface area contributed by atoms with Gasteiger partial charge in [-0.05, 0) is 37.8 Å². The molecule has 0 unspecified atom stereocenters. The summed E-state index contributed by atoms with van der Waals surface area (Å²) in [6.45, 7) is 2.38. The van der Waals surface area contributed by atoms with Crippen molar-refractivity contribution in [3.63, 3.8) is 0 Å². The van der Waals surface area contributed by atoms with E-state index in [0.29, 0.717) is 12.1 Å². The molecule has 1 saturated carbocycles. The zero-order valence-electron chi connectivity index (χ0n) is 16.8. The Morgan fingerprint density at radius 2 is 1.59 bits per heavy atom. The fourth-order valence-electron chi connectivity index (χ4n) is 4.07. The molecule has 1 amide bonds. The van der Waals surface area contributed by atoms with Crippen LogP contribution in [0.25, 0.3) is 16.9 Å². The summed E-state index contributed by atoms with van der Waals surface area (Å²) in [5, 5.41) is 11.7. The molecule has 29 heavy (non-hydrogen) atoms. The molecule has 0 atom stereocenters. The van der Waals surface area contributed by atoms with Crippen molar-refractivity contribution in [2.75, 3.05) is 0 Å². The van der Waals surface area contributed by atoms with E-state index in [1.54, 1.807) is 6.92 Å². The van der Waals surface area contributed by atoms with Crippen LogP contribution in [0.5, 0.6) is 0 Å². The van der Waals surface area contributed by atoms with E-state index in [9.17, 15) is 4.79 Å². The van der Waals surface area contributed by atoms with Gasteiger partial charge in [0.2, 0.25) is 5.91 Å². The lowest BCUT2D eigenvalue weighted by atomic mass is 9.91. The largest absolute Gasteiger partial charge is 0.354 e. The summed E-state index contributed by atoms with van der Waals surface area (Å²) in [6, 6.07) is 21.4. The molecule has 1 aliphatic carbocycles. The molecule has 2 N–H and O–H groups in total. The van der Waals surface area contributed by atoms with Crippen LogP contribution in [0.2, 0.25) is 0 Å². The first kappa shape index (κ1) is 19.4. The van der Waals surface area contributed by atoms with Gasteiger partial charge >= 0.3 is 0 Å². The highest BCUT2D eigenvalue weighted by Crippen LogP contribution is 2.25. The Morgan fingerprint density at radius 1 is 0.966 bits per heavy atom. The summed E-state index contributed by atoms with van der Waals surface area (Å²) < 4.78 is 1.97. The summed E-state index contributed by atoms with van der Waals surface area (Å²) in [5.41, 5.74) is 4.41. The first-order valence-electron chi connectivity index (χ1n) is 10.4. The topological polar surface area (TPSA) is 59.0 Å². The second-order valence-corrected chi connectivity index (χ2v) is 7.78. The van der Waals surface area contributed by atoms with Gasteiger partial charge < -0.3 is 10.6 Å². The van der Waals surface area contributed by atoms with Gasteiger partial charge in [-0.25, -0.2) is 4.68 Å². The van der Waals surface area contributed by atoms with Gasteiger partial charge in [0.25, 0.3) is 0 Å². The van der Waals surface area contributed by atoms with Gasteiger partial charge in [-0.3, -0.25) is 4.79 Å². The first-order valence-corrected chi connectivity index (χ1v) is 10.4. The number of hydrogen-bond donors (Lipinski definition) is 2. The van der Waals surface area contributed by atoms with Gasteiger partial charge in [-0.15, -0.1) is 0 Å². The van der Waals surface area contributed by atoms with E-state index in [1.807, 2.05) is 28.9 Å². The fourth-order valence-corrected chi connectivity index (χ4v) is 4.07. The Kier molecular flexibility index (Phi) is 6.06. The zero-order chi connectivity index (χ0) is 20.1. The number of amides is 1. The maximum atomic E-state index is 11.3. The Morgan fingerprint density at radius 3 is 2.24 bits per heavy atom. The zero-order valence-corrected chi connectivity index (χ0v) is 16.8. The third-order valence-corrected chi connectivity index (χ3v) is 5.57. The first-order chi connectivity index (χ1) is 14.2. The van der Waals surface area contributed by atoms with Gasteiger partial charge in [0.15, 0.2) is 0 Å². The van der Waals surface area contributed by atoms with Crippen LogP contribution >= 0.6 is 0 Å². The lowest BCUT2D eigenvalue weighted by molar-refractivity contribution is -0.119. The molecule has 0 radical (unpaired) electrons. The molecule has 2 aromatic carbocycles. The summed E-state index contributed by atoms with van der Waals surface area (Å²) in [7, 11) is 0. The van der Waals surface area contributed by atoms with E-state index in [4.69, 9.17) is 5.10 Å². The van der Waals surface area contributed by atoms with Crippen molar-refractivity contribution in [2.45, 2.75) is 51.2 Å². The molecule has 1 aromatic heterocycles. The van der Waals surface area contributed by atoms with Crippen molar-refractivity contribution >= 4 is 5.91 Å². The quantitative estimate of drug-likeness (QED) is 0.669. The molecule has 0 bridgehead atoms. The smallest absolute Gasteiger partial charge is 0.217 e. The van der Waals surface area contributed by atoms with Crippen molar-refractivity contribution in [1.82, 2.24) is 20.4 Å². The van der Waals surface area contributed by atoms with Crippen molar-refractivity contribution in [3.8, 4) is 16.9 Å². The van der Waals surface area contributed by atoms with Crippen LogP contribution in [0.3, 0.4) is 0 Å². The third kappa shape index (κ3) is 4.93. The Hall–Kier alpha value is -2.92. The van der Waals surface area contributed by atoms with Crippen LogP contribution in [0, 0.1) is 0 Å². The molecule has 5 heteroatoms. The van der Waals surface area contributed by atoms with E-state index >= 15 is 0 Å². The molecular formula is C24H28N4O. The van der Waals surface area contributed by atoms with E-state index in [0.717, 1.165) is 49.2 Å². The molecule has 0 spiro atoms. The van der Waals surface area contributed by atoms with Gasteiger partial charge in [0, 0.05) is 42.9 Å². The lowest BCUT2D eigenvalue weighted by Crippen LogP contribution is -2.41. The van der Waals surface area contributed by atoms with Crippen LogP contribution in [0.1, 0.15) is 38.2 Å². The Bertz CT molecular complexity index is 928. The molecule has 1 heterocycles. The number of aromatic nitrogens is 2. The minimum absolute atomic E-state index is 0.0715. The fraction of sp³-hybridized carbons (Fsp3) is 0.333. The number of nitrogens with zero attached hydrogens (tertiary/aromatic N) is 2. The molecular weight excluding hydrogens is 360 g/mol. The molecule has 0 saturated heterocycles. The van der Waals surface area contributed by atoms with E-state index in [-0.39, 0.29) is 5.91 Å². The van der Waals surface area contributed by atoms with Crippen LogP contribution in [0.15, 0.2) is 66.9 Å². The molecule has 150 valence electrons. The number of nitrogens with one attached hydrogen (secondary N) is 2. The van der Waals surface area contributed by atoms with Crippen molar-refractivity contribution < 1.29 is 4.79 Å². The average Bonchev–Trinajstić information content (AvgIpc) is 3.18. The van der Waals surface area contributed by atoms with Gasteiger partial charge in [0.1, 0.15) is 0 Å². The molecule has 4 rings (SSSR count). The van der Waals surface area contributed by atoms with Gasteiger partial charge in [-0.1, -0.05) is 48.5 Å². The number of rotatable bonds is 6. The second kappa shape index (κ2) is 9.05. The van der Waals surface area contributed by atoms with Crippen molar-refractivity contribution in [3.05, 3.63) is 72.4 Å². The van der Waals surface area contributed by atoms with Crippen molar-refractivity contribution in [1.29, 1.82) is 0 Å². The van der Waals surface area contributed by atoms with Gasteiger partial charge in [-0.2, -0.15) is 5.10 Å². The maximum absolute atomic E-state index is 11.3. The number of carbonyl (C=O) groups is 1. The molecule has 1 fully saturated rings. The van der Waals surface area contributed by atoms with E-state index < -0.39 is 0 Å². The highest BCUT2D eigenvalue weighted by Gasteiger charge is 2.22. The highest BCUT2D eigenvalue weighted by atomic mass is 16.1. The maximum Gasteiger partial charge on any atom is 0.217 e. The molecule has 3 aromatic rings. The number of hydrogen-bond acceptors (Lipinski definition) is 3. The normalized spacial score (nSPS) is 19.1. The minimum atomic E-state index is 0.0715. The SMILES string of the molecule is CC(=O)NC1CCC(NCc2cn(-c3ccccc3)nc2-c2ccccc2)CC1. The molecule has 0 aliphatic heterocycles. The predicted octanol–water partition coefficient (Wildman–Crippen LogP) is 4.08. The van der Waals surface area contributed by atoms with Crippen LogP contribution in [-0.2, 0) is 11.3 Å². The number of para-hydroxylation sites is 1. The summed E-state index contributed by atoms with van der Waals surface area (Å²) in [4.78, 5) is 11.3. The minimum Gasteiger partial charge on any atom is -0.354 e. The highest BCUT2D eigenvalue weighted by molar-refractivity contribution is 5.73. The second-order valence-electron chi connectivity index (χ2n) is 7.78. The van der Waals surface area contributed by atoms with Crippen molar-refractivity contribution in [2.24, 2.45) is 0 Å². The molecule has 1 aliphatic rings. The van der Waals surface area contributed by atoms with Crippen LogP contribution in [0.4, 0.5) is 0 Å². The number of carbonyl (C=O) groups excluding carboxylic acids is 1. The Labute approximate surface area is 172 Å². The van der Waals surface area contributed by atoms with E-state index in [2.05, 4.69) is 53.2 Å². The number of benzene rings is 2. The monoisotopic (exact) mass is 388 g/mol. The van der Waals surface area contributed by atoms with Gasteiger partial charge in [0.05, 0.1) is 11.4 Å². The van der Waals surface area contributed by atoms with Crippen LogP contribution in [-0.4, -0.2) is 27.8 Å². The average molecular weight is 389 g/mol. The summed E-state index contributed by atoms with van der Waals surface area (Å²) >= 11 is 0. The standard InChI is InChI=1S/C24H28N4O/c1-18(29)26-22-14-12-21(13-15-22)25-16-20-17-28(23-10-6-3-7-11-23)27-24(20)19-8-4-2-5-9-19/h2-11,17,21-22,25H,12-16H2,1H3,(H,26,29).